The molecule has 0 radical (unpaired) electrons. The fourth-order valence-electron chi connectivity index (χ4n) is 3.13. The molecular weight excluding hydrogens is 330 g/mol. The van der Waals surface area contributed by atoms with Gasteiger partial charge >= 0.3 is 6.03 Å². The topological polar surface area (TPSA) is 69.7 Å². The number of para-hydroxylation sites is 3. The van der Waals surface area contributed by atoms with Gasteiger partial charge in [0.05, 0.1) is 17.9 Å². The lowest BCUT2D eigenvalue weighted by molar-refractivity contribution is -0.122. The molecule has 0 aromatic heterocycles. The number of ketones is 1. The van der Waals surface area contributed by atoms with Gasteiger partial charge in [-0.05, 0) is 38.1 Å². The molecule has 1 N–H and O–H groups in total. The van der Waals surface area contributed by atoms with E-state index in [0.717, 1.165) is 0 Å². The zero-order valence-electron chi connectivity index (χ0n) is 14.8. The van der Waals surface area contributed by atoms with Crippen LogP contribution in [0, 0.1) is 0 Å². The van der Waals surface area contributed by atoms with Crippen LogP contribution in [0.3, 0.4) is 0 Å². The van der Waals surface area contributed by atoms with E-state index in [9.17, 15) is 14.4 Å². The highest BCUT2D eigenvalue weighted by atomic mass is 16.2. The number of hydrogen-bond acceptors (Lipinski definition) is 3. The number of hydrogen-bond donors (Lipinski definition) is 1. The van der Waals surface area contributed by atoms with Crippen molar-refractivity contribution >= 4 is 34.8 Å². The summed E-state index contributed by atoms with van der Waals surface area (Å²) in [5.74, 6) is -0.279. The number of anilines is 3. The second-order valence-electron chi connectivity index (χ2n) is 6.39. The Morgan fingerprint density at radius 3 is 2.31 bits per heavy atom. The van der Waals surface area contributed by atoms with Crippen molar-refractivity contribution in [2.24, 2.45) is 0 Å². The van der Waals surface area contributed by atoms with Crippen LogP contribution in [-0.4, -0.2) is 30.3 Å². The summed E-state index contributed by atoms with van der Waals surface area (Å²) in [6.07, 6.45) is 0.143. The number of carbonyl (C=O) groups excluding carboxylic acids is 3. The minimum Gasteiger partial charge on any atom is -0.308 e. The predicted molar refractivity (Wildman–Crippen MR) is 101 cm³/mol. The molecular formula is C20H21N3O3. The molecule has 6 heteroatoms. The van der Waals surface area contributed by atoms with Gasteiger partial charge in [0.25, 0.3) is 0 Å². The summed E-state index contributed by atoms with van der Waals surface area (Å²) in [4.78, 5) is 40.3. The fourth-order valence-corrected chi connectivity index (χ4v) is 3.13. The normalized spacial score (nSPS) is 16.7. The number of benzene rings is 2. The molecule has 3 amide bonds. The molecule has 1 heterocycles. The van der Waals surface area contributed by atoms with Gasteiger partial charge in [-0.2, -0.15) is 0 Å². The van der Waals surface area contributed by atoms with Crippen LogP contribution < -0.4 is 15.1 Å². The van der Waals surface area contributed by atoms with Gasteiger partial charge in [0, 0.05) is 18.2 Å². The summed E-state index contributed by atoms with van der Waals surface area (Å²) in [7, 11) is 0. The van der Waals surface area contributed by atoms with E-state index in [-0.39, 0.29) is 36.7 Å². The maximum atomic E-state index is 12.9. The quantitative estimate of drug-likeness (QED) is 0.921. The third kappa shape index (κ3) is 3.59. The van der Waals surface area contributed by atoms with E-state index in [2.05, 4.69) is 5.32 Å². The van der Waals surface area contributed by atoms with Crippen molar-refractivity contribution in [3.05, 3.63) is 54.6 Å². The first-order valence-electron chi connectivity index (χ1n) is 8.51. The van der Waals surface area contributed by atoms with Gasteiger partial charge in [-0.1, -0.05) is 30.3 Å². The Balaban J connectivity index is 1.99. The Labute approximate surface area is 152 Å². The van der Waals surface area contributed by atoms with E-state index < -0.39 is 0 Å². The van der Waals surface area contributed by atoms with Gasteiger partial charge < -0.3 is 10.2 Å². The minimum atomic E-state index is -0.343. The zero-order valence-corrected chi connectivity index (χ0v) is 14.8. The second-order valence-corrected chi connectivity index (χ2v) is 6.39. The molecule has 1 aliphatic rings. The molecule has 1 aliphatic heterocycles. The molecule has 0 saturated carbocycles. The van der Waals surface area contributed by atoms with Gasteiger partial charge in [-0.25, -0.2) is 4.79 Å². The SMILES string of the molecule is CC(=O)CN1C(=O)CC(C)N(C(=O)Nc2ccccc2)c2ccccc21. The Morgan fingerprint density at radius 1 is 1.04 bits per heavy atom. The number of carbonyl (C=O) groups is 3. The maximum absolute atomic E-state index is 12.9. The molecule has 3 rings (SSSR count). The Kier molecular flexibility index (Phi) is 5.02. The van der Waals surface area contributed by atoms with Crippen LogP contribution in [0.1, 0.15) is 20.3 Å². The molecule has 26 heavy (non-hydrogen) atoms. The molecule has 0 saturated heterocycles. The lowest BCUT2D eigenvalue weighted by Crippen LogP contribution is -2.42. The van der Waals surface area contributed by atoms with Gasteiger partial charge in [-0.3, -0.25) is 14.5 Å². The Hall–Kier alpha value is -3.15. The number of nitrogens with one attached hydrogen (secondary N) is 1. The van der Waals surface area contributed by atoms with Gasteiger partial charge in [-0.15, -0.1) is 0 Å². The van der Waals surface area contributed by atoms with E-state index in [4.69, 9.17) is 0 Å². The molecule has 1 atom stereocenters. The number of fused-ring (bicyclic) bond motifs is 1. The Morgan fingerprint density at radius 2 is 1.65 bits per heavy atom. The van der Waals surface area contributed by atoms with Crippen LogP contribution >= 0.6 is 0 Å². The lowest BCUT2D eigenvalue weighted by atomic mass is 10.2. The smallest absolute Gasteiger partial charge is 0.308 e. The van der Waals surface area contributed by atoms with E-state index in [0.29, 0.717) is 17.1 Å². The van der Waals surface area contributed by atoms with Gasteiger partial charge in [0.1, 0.15) is 5.78 Å². The minimum absolute atomic E-state index is 0.00326. The van der Waals surface area contributed by atoms with Crippen molar-refractivity contribution in [2.45, 2.75) is 26.3 Å². The molecule has 6 nitrogen and oxygen atoms in total. The van der Waals surface area contributed by atoms with Crippen LogP contribution in [-0.2, 0) is 9.59 Å². The van der Waals surface area contributed by atoms with Gasteiger partial charge in [0.2, 0.25) is 5.91 Å². The summed E-state index contributed by atoms with van der Waals surface area (Å²) in [6.45, 7) is 3.28. The molecule has 134 valence electrons. The summed E-state index contributed by atoms with van der Waals surface area (Å²) < 4.78 is 0. The second kappa shape index (κ2) is 7.39. The van der Waals surface area contributed by atoms with Crippen LogP contribution in [0.25, 0.3) is 0 Å². The summed E-state index contributed by atoms with van der Waals surface area (Å²) in [5, 5.41) is 2.87. The van der Waals surface area contributed by atoms with Gasteiger partial charge in [0.15, 0.2) is 0 Å². The first-order valence-corrected chi connectivity index (χ1v) is 8.51. The van der Waals surface area contributed by atoms with Crippen molar-refractivity contribution in [1.29, 1.82) is 0 Å². The van der Waals surface area contributed by atoms with Crippen LogP contribution in [0.15, 0.2) is 54.6 Å². The summed E-state index contributed by atoms with van der Waals surface area (Å²) in [5.41, 5.74) is 1.86. The van der Waals surface area contributed by atoms with Crippen LogP contribution in [0.2, 0.25) is 0 Å². The van der Waals surface area contributed by atoms with Crippen LogP contribution in [0.4, 0.5) is 21.9 Å². The van der Waals surface area contributed by atoms with E-state index in [1.807, 2.05) is 31.2 Å². The standard InChI is InChI=1S/C20H21N3O3/c1-14-12-19(25)22(13-15(2)24)17-10-6-7-11-18(17)23(14)20(26)21-16-8-4-3-5-9-16/h3-11,14H,12-13H2,1-2H3,(H,21,26). The highest BCUT2D eigenvalue weighted by Gasteiger charge is 2.34. The average molecular weight is 351 g/mol. The fraction of sp³-hybridized carbons (Fsp3) is 0.250. The average Bonchev–Trinajstić information content (AvgIpc) is 2.70. The van der Waals surface area contributed by atoms with Crippen molar-refractivity contribution in [3.8, 4) is 0 Å². The lowest BCUT2D eigenvalue weighted by Gasteiger charge is -2.28. The van der Waals surface area contributed by atoms with Crippen molar-refractivity contribution in [2.75, 3.05) is 21.7 Å². The summed E-state index contributed by atoms with van der Waals surface area (Å²) >= 11 is 0. The number of rotatable bonds is 3. The molecule has 0 spiro atoms. The third-order valence-corrected chi connectivity index (χ3v) is 4.27. The Bertz CT molecular complexity index is 835. The summed E-state index contributed by atoms with van der Waals surface area (Å²) in [6, 6.07) is 15.7. The predicted octanol–water partition coefficient (Wildman–Crippen LogP) is 3.44. The van der Waals surface area contributed by atoms with Crippen molar-refractivity contribution in [1.82, 2.24) is 0 Å². The van der Waals surface area contributed by atoms with E-state index in [1.165, 1.54) is 11.8 Å². The first-order chi connectivity index (χ1) is 12.5. The first kappa shape index (κ1) is 17.7. The maximum Gasteiger partial charge on any atom is 0.326 e. The molecule has 0 bridgehead atoms. The number of urea groups is 1. The number of amides is 3. The van der Waals surface area contributed by atoms with E-state index in [1.54, 1.807) is 35.2 Å². The zero-order chi connectivity index (χ0) is 18.7. The molecule has 2 aromatic carbocycles. The highest BCUT2D eigenvalue weighted by molar-refractivity contribution is 6.10. The molecule has 1 unspecified atom stereocenters. The molecule has 2 aromatic rings. The highest BCUT2D eigenvalue weighted by Crippen LogP contribution is 2.35. The van der Waals surface area contributed by atoms with E-state index >= 15 is 0 Å². The number of Topliss-reactive ketones (excluding diaryl/α,β-unsaturated/α-hetero) is 1. The largest absolute Gasteiger partial charge is 0.326 e. The monoisotopic (exact) mass is 351 g/mol. The van der Waals surface area contributed by atoms with Crippen molar-refractivity contribution in [3.63, 3.8) is 0 Å². The number of nitrogens with zero attached hydrogens (tertiary/aromatic N) is 2. The molecule has 0 aliphatic carbocycles. The van der Waals surface area contributed by atoms with Crippen molar-refractivity contribution < 1.29 is 14.4 Å². The third-order valence-electron chi connectivity index (χ3n) is 4.27. The van der Waals surface area contributed by atoms with Crippen LogP contribution in [0.5, 0.6) is 0 Å². The molecule has 0 fully saturated rings.